The molecule has 28 heavy (non-hydrogen) atoms. The molecule has 2 aromatic carbocycles. The van der Waals surface area contributed by atoms with Crippen molar-refractivity contribution in [1.82, 2.24) is 5.32 Å². The fraction of sp³-hybridized carbons (Fsp3) is 0.350. The minimum atomic E-state index is -3.85. The van der Waals surface area contributed by atoms with Gasteiger partial charge in [0.15, 0.2) is 0 Å². The molecule has 0 radical (unpaired) electrons. The van der Waals surface area contributed by atoms with Crippen LogP contribution in [0.2, 0.25) is 0 Å². The van der Waals surface area contributed by atoms with E-state index in [1.807, 2.05) is 37.3 Å². The van der Waals surface area contributed by atoms with Gasteiger partial charge >= 0.3 is 0 Å². The smallest absolute Gasteiger partial charge is 0.241 e. The van der Waals surface area contributed by atoms with E-state index < -0.39 is 10.0 Å². The van der Waals surface area contributed by atoms with Gasteiger partial charge < -0.3 is 19.6 Å². The molecule has 0 spiro atoms. The number of sulfonamides is 1. The number of para-hydroxylation sites is 1. The zero-order valence-electron chi connectivity index (χ0n) is 16.1. The summed E-state index contributed by atoms with van der Waals surface area (Å²) in [6.45, 7) is 3.06. The van der Waals surface area contributed by atoms with Crippen LogP contribution in [-0.4, -0.2) is 41.0 Å². The van der Waals surface area contributed by atoms with Crippen LogP contribution in [0.3, 0.4) is 0 Å². The molecule has 0 aliphatic carbocycles. The third-order valence-electron chi connectivity index (χ3n) is 4.20. The SMILES string of the molecule is COc1ccc(C[C@@H](C)NCCOc2ccccc2CC=O)cc1S(N)(=O)=O. The van der Waals surface area contributed by atoms with E-state index >= 15 is 0 Å². The molecule has 1 atom stereocenters. The van der Waals surface area contributed by atoms with Crippen LogP contribution in [-0.2, 0) is 27.7 Å². The molecule has 0 heterocycles. The Labute approximate surface area is 165 Å². The Balaban J connectivity index is 1.88. The first-order chi connectivity index (χ1) is 13.3. The number of hydrogen-bond acceptors (Lipinski definition) is 6. The normalized spacial score (nSPS) is 12.4. The summed E-state index contributed by atoms with van der Waals surface area (Å²) in [6, 6.07) is 12.5. The molecule has 0 saturated heterocycles. The number of ether oxygens (including phenoxy) is 2. The van der Waals surface area contributed by atoms with Gasteiger partial charge in [0.2, 0.25) is 10.0 Å². The Morgan fingerprint density at radius 2 is 1.93 bits per heavy atom. The quantitative estimate of drug-likeness (QED) is 0.434. The summed E-state index contributed by atoms with van der Waals surface area (Å²) in [5, 5.41) is 8.59. The Morgan fingerprint density at radius 1 is 1.18 bits per heavy atom. The van der Waals surface area contributed by atoms with Crippen molar-refractivity contribution in [3.05, 3.63) is 53.6 Å². The van der Waals surface area contributed by atoms with Crippen LogP contribution >= 0.6 is 0 Å². The van der Waals surface area contributed by atoms with E-state index in [4.69, 9.17) is 14.6 Å². The summed E-state index contributed by atoms with van der Waals surface area (Å²) in [6.07, 6.45) is 1.80. The van der Waals surface area contributed by atoms with Gasteiger partial charge in [0.1, 0.15) is 29.3 Å². The van der Waals surface area contributed by atoms with Gasteiger partial charge in [0.25, 0.3) is 0 Å². The number of nitrogens with one attached hydrogen (secondary N) is 1. The minimum Gasteiger partial charge on any atom is -0.495 e. The van der Waals surface area contributed by atoms with Crippen molar-refractivity contribution in [3.63, 3.8) is 0 Å². The summed E-state index contributed by atoms with van der Waals surface area (Å²) < 4.78 is 34.2. The van der Waals surface area contributed by atoms with Crippen molar-refractivity contribution in [3.8, 4) is 11.5 Å². The van der Waals surface area contributed by atoms with Gasteiger partial charge in [-0.3, -0.25) is 0 Å². The molecule has 0 saturated carbocycles. The second-order valence-electron chi connectivity index (χ2n) is 6.42. The van der Waals surface area contributed by atoms with Crippen molar-refractivity contribution in [1.29, 1.82) is 0 Å². The first-order valence-corrected chi connectivity index (χ1v) is 10.5. The van der Waals surface area contributed by atoms with Crippen molar-refractivity contribution >= 4 is 16.3 Å². The van der Waals surface area contributed by atoms with E-state index in [-0.39, 0.29) is 16.7 Å². The van der Waals surface area contributed by atoms with Gasteiger partial charge in [0.05, 0.1) is 7.11 Å². The molecule has 2 aromatic rings. The fourth-order valence-corrected chi connectivity index (χ4v) is 3.61. The zero-order valence-corrected chi connectivity index (χ0v) is 16.9. The number of carbonyl (C=O) groups is 1. The van der Waals surface area contributed by atoms with Crippen molar-refractivity contribution in [2.45, 2.75) is 30.7 Å². The maximum absolute atomic E-state index is 11.7. The highest BCUT2D eigenvalue weighted by Crippen LogP contribution is 2.24. The standard InChI is InChI=1S/C20H26N2O5S/c1-15(13-16-7-8-19(26-2)20(14-16)28(21,24)25)22-10-12-27-18-6-4-3-5-17(18)9-11-23/h3-8,11,14-15,22H,9-10,12-13H2,1-2H3,(H2,21,24,25)/t15-/m1/s1. The Hall–Kier alpha value is -2.42. The number of primary sulfonamides is 1. The second-order valence-corrected chi connectivity index (χ2v) is 7.95. The molecule has 0 aromatic heterocycles. The van der Waals surface area contributed by atoms with Crippen LogP contribution in [0.4, 0.5) is 0 Å². The maximum atomic E-state index is 11.7. The second kappa shape index (κ2) is 10.2. The molecular weight excluding hydrogens is 380 g/mol. The molecular formula is C20H26N2O5S. The predicted molar refractivity (Wildman–Crippen MR) is 107 cm³/mol. The van der Waals surface area contributed by atoms with Gasteiger partial charge in [-0.1, -0.05) is 24.3 Å². The molecule has 8 heteroatoms. The van der Waals surface area contributed by atoms with Gasteiger partial charge in [-0.05, 0) is 37.1 Å². The van der Waals surface area contributed by atoms with E-state index in [2.05, 4.69) is 5.32 Å². The number of hydrogen-bond donors (Lipinski definition) is 2. The monoisotopic (exact) mass is 406 g/mol. The molecule has 2 rings (SSSR count). The lowest BCUT2D eigenvalue weighted by atomic mass is 10.1. The Kier molecular flexibility index (Phi) is 7.98. The first kappa shape index (κ1) is 21.9. The van der Waals surface area contributed by atoms with Gasteiger partial charge in [-0.15, -0.1) is 0 Å². The fourth-order valence-electron chi connectivity index (χ4n) is 2.87. The number of aldehydes is 1. The summed E-state index contributed by atoms with van der Waals surface area (Å²) in [7, 11) is -2.45. The summed E-state index contributed by atoms with van der Waals surface area (Å²) in [5.41, 5.74) is 1.70. The number of carbonyl (C=O) groups excluding carboxylic acids is 1. The van der Waals surface area contributed by atoms with Crippen LogP contribution in [0.5, 0.6) is 11.5 Å². The summed E-state index contributed by atoms with van der Waals surface area (Å²) in [5.74, 6) is 0.936. The lowest BCUT2D eigenvalue weighted by molar-refractivity contribution is -0.107. The average molecular weight is 407 g/mol. The van der Waals surface area contributed by atoms with E-state index in [1.54, 1.807) is 12.1 Å². The van der Waals surface area contributed by atoms with E-state index in [0.717, 1.165) is 17.4 Å². The van der Waals surface area contributed by atoms with Gasteiger partial charge in [-0.25, -0.2) is 13.6 Å². The molecule has 0 amide bonds. The molecule has 0 aliphatic rings. The maximum Gasteiger partial charge on any atom is 0.241 e. The lowest BCUT2D eigenvalue weighted by Gasteiger charge is -2.16. The van der Waals surface area contributed by atoms with Crippen molar-refractivity contribution < 1.29 is 22.7 Å². The van der Waals surface area contributed by atoms with Crippen LogP contribution in [0.25, 0.3) is 0 Å². The molecule has 152 valence electrons. The van der Waals surface area contributed by atoms with Crippen LogP contribution in [0.15, 0.2) is 47.4 Å². The van der Waals surface area contributed by atoms with E-state index in [1.165, 1.54) is 7.11 Å². The third-order valence-corrected chi connectivity index (χ3v) is 5.14. The van der Waals surface area contributed by atoms with Gasteiger partial charge in [0, 0.05) is 24.6 Å². The largest absolute Gasteiger partial charge is 0.495 e. The van der Waals surface area contributed by atoms with Gasteiger partial charge in [-0.2, -0.15) is 0 Å². The molecule has 0 unspecified atom stereocenters. The zero-order chi connectivity index (χ0) is 20.6. The highest BCUT2D eigenvalue weighted by Gasteiger charge is 2.16. The third kappa shape index (κ3) is 6.33. The van der Waals surface area contributed by atoms with E-state index in [0.29, 0.717) is 31.7 Å². The summed E-state index contributed by atoms with van der Waals surface area (Å²) in [4.78, 5) is 10.7. The van der Waals surface area contributed by atoms with Crippen LogP contribution in [0.1, 0.15) is 18.1 Å². The highest BCUT2D eigenvalue weighted by atomic mass is 32.2. The minimum absolute atomic E-state index is 0.0187. The lowest BCUT2D eigenvalue weighted by Crippen LogP contribution is -2.32. The Bertz CT molecular complexity index is 899. The first-order valence-electron chi connectivity index (χ1n) is 8.92. The molecule has 0 bridgehead atoms. The molecule has 7 nitrogen and oxygen atoms in total. The number of rotatable bonds is 11. The molecule has 3 N–H and O–H groups in total. The Morgan fingerprint density at radius 3 is 2.61 bits per heavy atom. The number of nitrogens with two attached hydrogens (primary N) is 1. The van der Waals surface area contributed by atoms with E-state index in [9.17, 15) is 13.2 Å². The number of methoxy groups -OCH3 is 1. The molecule has 0 fully saturated rings. The average Bonchev–Trinajstić information content (AvgIpc) is 2.66. The highest BCUT2D eigenvalue weighted by molar-refractivity contribution is 7.89. The van der Waals surface area contributed by atoms with Crippen LogP contribution < -0.4 is 19.9 Å². The number of benzene rings is 2. The van der Waals surface area contributed by atoms with Crippen molar-refractivity contribution in [2.75, 3.05) is 20.3 Å². The molecule has 0 aliphatic heterocycles. The van der Waals surface area contributed by atoms with Crippen molar-refractivity contribution in [2.24, 2.45) is 5.14 Å². The summed E-state index contributed by atoms with van der Waals surface area (Å²) >= 11 is 0. The topological polar surface area (TPSA) is 108 Å². The van der Waals surface area contributed by atoms with Crippen LogP contribution in [0, 0.1) is 0 Å². The predicted octanol–water partition coefficient (Wildman–Crippen LogP) is 1.68.